The average molecular weight is 645 g/mol. The fourth-order valence-corrected chi connectivity index (χ4v) is 7.29. The highest BCUT2D eigenvalue weighted by molar-refractivity contribution is 5.92. The Bertz CT molecular complexity index is 2330. The van der Waals surface area contributed by atoms with Gasteiger partial charge in [0.25, 0.3) is 0 Å². The van der Waals surface area contributed by atoms with Gasteiger partial charge in [-0.25, -0.2) is 0 Å². The molecule has 0 saturated heterocycles. The highest BCUT2D eigenvalue weighted by Gasteiger charge is 2.19. The molecule has 0 bridgehead atoms. The minimum Gasteiger partial charge on any atom is -0.310 e. The van der Waals surface area contributed by atoms with Crippen LogP contribution in [0, 0.1) is 27.7 Å². The first-order valence-corrected chi connectivity index (χ1v) is 17.4. The number of rotatable bonds is 7. The Kier molecular flexibility index (Phi) is 8.14. The lowest BCUT2D eigenvalue weighted by Crippen LogP contribution is -2.12. The predicted octanol–water partition coefficient (Wildman–Crippen LogP) is 13.8. The molecule has 8 rings (SSSR count). The molecular formula is C48H40N2. The van der Waals surface area contributed by atoms with Gasteiger partial charge in [0.15, 0.2) is 0 Å². The second kappa shape index (κ2) is 13.1. The second-order valence-corrected chi connectivity index (χ2v) is 13.3. The van der Waals surface area contributed by atoms with Gasteiger partial charge >= 0.3 is 0 Å². The summed E-state index contributed by atoms with van der Waals surface area (Å²) in [4.78, 5) is 4.77. The van der Waals surface area contributed by atoms with Crippen molar-refractivity contribution < 1.29 is 0 Å². The van der Waals surface area contributed by atoms with Gasteiger partial charge in [-0.3, -0.25) is 0 Å². The van der Waals surface area contributed by atoms with Crippen LogP contribution in [-0.2, 0) is 0 Å². The summed E-state index contributed by atoms with van der Waals surface area (Å²) in [6, 6.07) is 61.7. The monoisotopic (exact) mass is 644 g/mol. The van der Waals surface area contributed by atoms with E-state index in [0.717, 1.165) is 22.7 Å². The predicted molar refractivity (Wildman–Crippen MR) is 215 cm³/mol. The molecule has 0 atom stereocenters. The Labute approximate surface area is 295 Å². The van der Waals surface area contributed by atoms with E-state index in [1.54, 1.807) is 0 Å². The fraction of sp³-hybridized carbons (Fsp3) is 0.0833. The Balaban J connectivity index is 1.20. The van der Waals surface area contributed by atoms with Crippen LogP contribution in [0.4, 0.5) is 34.1 Å². The minimum atomic E-state index is 1.15. The van der Waals surface area contributed by atoms with Crippen LogP contribution in [0.2, 0.25) is 0 Å². The van der Waals surface area contributed by atoms with Gasteiger partial charge in [-0.2, -0.15) is 0 Å². The molecule has 0 aliphatic heterocycles. The molecule has 2 heteroatoms. The minimum absolute atomic E-state index is 1.15. The van der Waals surface area contributed by atoms with Gasteiger partial charge < -0.3 is 9.80 Å². The Hall–Kier alpha value is -6.12. The Morgan fingerprint density at radius 1 is 0.280 bits per heavy atom. The second-order valence-electron chi connectivity index (χ2n) is 13.3. The quantitative estimate of drug-likeness (QED) is 0.170. The Morgan fingerprint density at radius 2 is 0.620 bits per heavy atom. The van der Waals surface area contributed by atoms with E-state index in [1.807, 2.05) is 0 Å². The molecule has 50 heavy (non-hydrogen) atoms. The van der Waals surface area contributed by atoms with E-state index in [4.69, 9.17) is 0 Å². The van der Waals surface area contributed by atoms with Crippen molar-refractivity contribution in [3.05, 3.63) is 192 Å². The molecule has 0 saturated carbocycles. The van der Waals surface area contributed by atoms with Crippen LogP contribution in [-0.4, -0.2) is 0 Å². The van der Waals surface area contributed by atoms with Gasteiger partial charge in [0, 0.05) is 34.1 Å². The van der Waals surface area contributed by atoms with Gasteiger partial charge in [-0.05, 0) is 143 Å². The maximum absolute atomic E-state index is 2.39. The van der Waals surface area contributed by atoms with Crippen LogP contribution in [0.25, 0.3) is 32.7 Å². The summed E-state index contributed by atoms with van der Waals surface area (Å²) in [6.45, 7) is 8.84. The lowest BCUT2D eigenvalue weighted by atomic mass is 9.95. The molecule has 0 aliphatic carbocycles. The maximum Gasteiger partial charge on any atom is 0.0490 e. The van der Waals surface area contributed by atoms with E-state index in [9.17, 15) is 0 Å². The molecule has 8 aromatic rings. The van der Waals surface area contributed by atoms with Crippen molar-refractivity contribution in [2.75, 3.05) is 9.80 Å². The van der Waals surface area contributed by atoms with Gasteiger partial charge in [-0.15, -0.1) is 0 Å². The third-order valence-corrected chi connectivity index (χ3v) is 9.92. The molecular weight excluding hydrogens is 605 g/mol. The summed E-state index contributed by atoms with van der Waals surface area (Å²) in [5.41, 5.74) is 14.4. The standard InChI is InChI=1S/C48H40N2/c1-33-13-5-11-19-47(33)49(43-23-21-37-15-7-9-17-39(37)31-43)41-25-27-45(35(3)29-41)46-28-26-42(30-36(46)4)50(48-20-12-6-14-34(48)2)44-24-22-38-16-8-10-18-40(38)32-44/h5-32H,1-4H3. The van der Waals surface area contributed by atoms with Crippen molar-refractivity contribution >= 4 is 55.7 Å². The van der Waals surface area contributed by atoms with Crippen molar-refractivity contribution in [1.82, 2.24) is 0 Å². The summed E-state index contributed by atoms with van der Waals surface area (Å²) in [6.07, 6.45) is 0. The average Bonchev–Trinajstić information content (AvgIpc) is 3.14. The number of para-hydroxylation sites is 2. The third kappa shape index (κ3) is 5.80. The normalized spacial score (nSPS) is 11.2. The van der Waals surface area contributed by atoms with Crippen molar-refractivity contribution in [3.63, 3.8) is 0 Å². The highest BCUT2D eigenvalue weighted by Crippen LogP contribution is 2.42. The molecule has 0 fully saturated rings. The topological polar surface area (TPSA) is 6.48 Å². The number of benzene rings is 8. The van der Waals surface area contributed by atoms with E-state index < -0.39 is 0 Å². The van der Waals surface area contributed by atoms with E-state index in [2.05, 4.69) is 207 Å². The molecule has 0 spiro atoms. The highest BCUT2D eigenvalue weighted by atomic mass is 15.1. The zero-order chi connectivity index (χ0) is 34.2. The van der Waals surface area contributed by atoms with Crippen LogP contribution >= 0.6 is 0 Å². The molecule has 0 N–H and O–H groups in total. The molecule has 0 heterocycles. The lowest BCUT2D eigenvalue weighted by molar-refractivity contribution is 1.24. The van der Waals surface area contributed by atoms with E-state index in [-0.39, 0.29) is 0 Å². The molecule has 0 unspecified atom stereocenters. The largest absolute Gasteiger partial charge is 0.310 e. The molecule has 0 amide bonds. The van der Waals surface area contributed by atoms with Crippen LogP contribution in [0.15, 0.2) is 170 Å². The van der Waals surface area contributed by atoms with Crippen LogP contribution in [0.1, 0.15) is 22.3 Å². The maximum atomic E-state index is 2.39. The SMILES string of the molecule is Cc1cc(N(c2ccc3ccccc3c2)c2ccccc2C)ccc1-c1ccc(N(c2ccc3ccccc3c2)c2ccccc2C)cc1C. The number of fused-ring (bicyclic) bond motifs is 2. The molecule has 0 radical (unpaired) electrons. The van der Waals surface area contributed by atoms with Crippen LogP contribution in [0.3, 0.4) is 0 Å². The summed E-state index contributed by atoms with van der Waals surface area (Å²) in [7, 11) is 0. The smallest absolute Gasteiger partial charge is 0.0490 e. The van der Waals surface area contributed by atoms with Crippen molar-refractivity contribution in [2.45, 2.75) is 27.7 Å². The Morgan fingerprint density at radius 3 is 1.02 bits per heavy atom. The number of hydrogen-bond donors (Lipinski definition) is 0. The summed E-state index contributed by atoms with van der Waals surface area (Å²) >= 11 is 0. The van der Waals surface area contributed by atoms with Crippen molar-refractivity contribution in [2.24, 2.45) is 0 Å². The molecule has 0 aromatic heterocycles. The van der Waals surface area contributed by atoms with Gasteiger partial charge in [0.1, 0.15) is 0 Å². The zero-order valence-corrected chi connectivity index (χ0v) is 29.1. The fourth-order valence-electron chi connectivity index (χ4n) is 7.29. The van der Waals surface area contributed by atoms with E-state index >= 15 is 0 Å². The van der Waals surface area contributed by atoms with Gasteiger partial charge in [-0.1, -0.05) is 109 Å². The molecule has 242 valence electrons. The summed E-state index contributed by atoms with van der Waals surface area (Å²) in [5, 5.41) is 4.95. The van der Waals surface area contributed by atoms with Crippen LogP contribution < -0.4 is 9.80 Å². The molecule has 0 aliphatic rings. The van der Waals surface area contributed by atoms with Crippen molar-refractivity contribution in [3.8, 4) is 11.1 Å². The van der Waals surface area contributed by atoms with Gasteiger partial charge in [0.05, 0.1) is 0 Å². The zero-order valence-electron chi connectivity index (χ0n) is 29.1. The first-order chi connectivity index (χ1) is 24.4. The number of anilines is 6. The number of hydrogen-bond acceptors (Lipinski definition) is 2. The number of aryl methyl sites for hydroxylation is 4. The van der Waals surface area contributed by atoms with Crippen LogP contribution in [0.5, 0.6) is 0 Å². The third-order valence-electron chi connectivity index (χ3n) is 9.92. The number of nitrogens with zero attached hydrogens (tertiary/aromatic N) is 2. The lowest BCUT2D eigenvalue weighted by Gasteiger charge is -2.29. The molecule has 2 nitrogen and oxygen atoms in total. The van der Waals surface area contributed by atoms with E-state index in [0.29, 0.717) is 0 Å². The van der Waals surface area contributed by atoms with Gasteiger partial charge in [0.2, 0.25) is 0 Å². The molecule has 8 aromatic carbocycles. The van der Waals surface area contributed by atoms with Crippen molar-refractivity contribution in [1.29, 1.82) is 0 Å². The summed E-state index contributed by atoms with van der Waals surface area (Å²) < 4.78 is 0. The van der Waals surface area contributed by atoms with E-state index in [1.165, 1.54) is 66.3 Å². The first kappa shape index (κ1) is 31.2. The summed E-state index contributed by atoms with van der Waals surface area (Å²) in [5.74, 6) is 0. The first-order valence-electron chi connectivity index (χ1n) is 17.4.